The van der Waals surface area contributed by atoms with Crippen molar-refractivity contribution in [2.45, 2.75) is 25.0 Å². The van der Waals surface area contributed by atoms with Gasteiger partial charge in [-0.25, -0.2) is 0 Å². The van der Waals surface area contributed by atoms with E-state index in [1.54, 1.807) is 7.11 Å². The first-order chi connectivity index (χ1) is 8.51. The summed E-state index contributed by atoms with van der Waals surface area (Å²) in [6.45, 7) is 4.43. The number of ether oxygens (including phenoxy) is 1. The minimum absolute atomic E-state index is 0.198. The first kappa shape index (κ1) is 13.3. The number of methoxy groups -OCH3 is 1. The predicted octanol–water partition coefficient (Wildman–Crippen LogP) is 0.936. The van der Waals surface area contributed by atoms with Crippen LogP contribution >= 0.6 is 0 Å². The van der Waals surface area contributed by atoms with Gasteiger partial charge in [0.1, 0.15) is 5.75 Å². The zero-order chi connectivity index (χ0) is 13.2. The second-order valence-corrected chi connectivity index (χ2v) is 5.32. The lowest BCUT2D eigenvalue weighted by Gasteiger charge is -2.30. The van der Waals surface area contributed by atoms with Crippen molar-refractivity contribution in [2.24, 2.45) is 5.73 Å². The molecule has 18 heavy (non-hydrogen) atoms. The fourth-order valence-corrected chi connectivity index (χ4v) is 2.48. The third-order valence-corrected chi connectivity index (χ3v) is 3.55. The number of likely N-dealkylation sites (tertiary alicyclic amines) is 1. The van der Waals surface area contributed by atoms with Gasteiger partial charge in [-0.2, -0.15) is 0 Å². The number of nitrogens with two attached hydrogens (primary N) is 1. The third kappa shape index (κ3) is 3.02. The van der Waals surface area contributed by atoms with E-state index in [1.165, 1.54) is 0 Å². The molecule has 1 aromatic carbocycles. The Kier molecular flexibility index (Phi) is 3.90. The fraction of sp³-hybridized carbons (Fsp3) is 0.571. The Hall–Kier alpha value is -1.10. The largest absolute Gasteiger partial charge is 0.497 e. The van der Waals surface area contributed by atoms with Crippen LogP contribution in [-0.2, 0) is 5.54 Å². The van der Waals surface area contributed by atoms with Gasteiger partial charge in [0.2, 0.25) is 0 Å². The van der Waals surface area contributed by atoms with Crippen LogP contribution in [0.15, 0.2) is 24.3 Å². The number of rotatable bonds is 4. The van der Waals surface area contributed by atoms with E-state index in [4.69, 9.17) is 10.5 Å². The number of benzene rings is 1. The Morgan fingerprint density at radius 2 is 2.11 bits per heavy atom. The molecule has 100 valence electrons. The van der Waals surface area contributed by atoms with E-state index in [1.807, 2.05) is 31.2 Å². The molecule has 1 aromatic rings. The number of nitrogens with zero attached hydrogens (tertiary/aromatic N) is 1. The van der Waals surface area contributed by atoms with Crippen molar-refractivity contribution in [3.05, 3.63) is 29.8 Å². The lowest BCUT2D eigenvalue weighted by Crippen LogP contribution is -2.44. The van der Waals surface area contributed by atoms with Gasteiger partial charge in [-0.15, -0.1) is 0 Å². The fourth-order valence-electron chi connectivity index (χ4n) is 2.48. The molecule has 4 heteroatoms. The molecule has 0 unspecified atom stereocenters. The number of aliphatic hydroxyl groups excluding tert-OH is 1. The minimum atomic E-state index is -0.406. The van der Waals surface area contributed by atoms with Crippen molar-refractivity contribution in [1.29, 1.82) is 0 Å². The molecule has 0 aromatic heterocycles. The van der Waals surface area contributed by atoms with Gasteiger partial charge in [-0.05, 0) is 31.0 Å². The molecule has 0 saturated carbocycles. The smallest absolute Gasteiger partial charge is 0.118 e. The molecular formula is C14H22N2O2. The molecule has 1 aliphatic rings. The maximum Gasteiger partial charge on any atom is 0.118 e. The van der Waals surface area contributed by atoms with Crippen molar-refractivity contribution < 1.29 is 9.84 Å². The van der Waals surface area contributed by atoms with Crippen molar-refractivity contribution in [3.63, 3.8) is 0 Å². The summed E-state index contributed by atoms with van der Waals surface area (Å²) in [6, 6.07) is 7.87. The highest BCUT2D eigenvalue weighted by atomic mass is 16.5. The van der Waals surface area contributed by atoms with Crippen LogP contribution in [0.4, 0.5) is 0 Å². The quantitative estimate of drug-likeness (QED) is 0.835. The molecule has 1 heterocycles. The van der Waals surface area contributed by atoms with Gasteiger partial charge >= 0.3 is 0 Å². The highest BCUT2D eigenvalue weighted by Gasteiger charge is 2.28. The first-order valence-corrected chi connectivity index (χ1v) is 6.35. The van der Waals surface area contributed by atoms with Gasteiger partial charge in [0.05, 0.1) is 18.8 Å². The Morgan fingerprint density at radius 1 is 1.44 bits per heavy atom. The van der Waals surface area contributed by atoms with Crippen molar-refractivity contribution in [2.75, 3.05) is 26.7 Å². The molecule has 1 aliphatic heterocycles. The lowest BCUT2D eigenvalue weighted by atomic mass is 9.92. The highest BCUT2D eigenvalue weighted by molar-refractivity contribution is 5.31. The van der Waals surface area contributed by atoms with Gasteiger partial charge in [0.15, 0.2) is 0 Å². The summed E-state index contributed by atoms with van der Waals surface area (Å²) < 4.78 is 5.15. The van der Waals surface area contributed by atoms with Crippen molar-refractivity contribution in [1.82, 2.24) is 4.90 Å². The normalized spacial score (nSPS) is 23.9. The van der Waals surface area contributed by atoms with Crippen LogP contribution in [0.2, 0.25) is 0 Å². The van der Waals surface area contributed by atoms with Crippen molar-refractivity contribution >= 4 is 0 Å². The summed E-state index contributed by atoms with van der Waals surface area (Å²) in [5.74, 6) is 0.839. The summed E-state index contributed by atoms with van der Waals surface area (Å²) in [6.07, 6.45) is 0.648. The highest BCUT2D eigenvalue weighted by Crippen LogP contribution is 2.23. The van der Waals surface area contributed by atoms with Gasteiger partial charge in [0.25, 0.3) is 0 Å². The van der Waals surface area contributed by atoms with Gasteiger partial charge in [-0.3, -0.25) is 4.90 Å². The average molecular weight is 250 g/mol. The maximum absolute atomic E-state index is 9.54. The summed E-state index contributed by atoms with van der Waals surface area (Å²) >= 11 is 0. The molecule has 2 rings (SSSR count). The second kappa shape index (κ2) is 5.26. The van der Waals surface area contributed by atoms with E-state index in [0.29, 0.717) is 0 Å². The molecule has 0 aliphatic carbocycles. The summed E-state index contributed by atoms with van der Waals surface area (Å²) in [5, 5.41) is 9.54. The number of hydrogen-bond acceptors (Lipinski definition) is 4. The Labute approximate surface area is 108 Å². The van der Waals surface area contributed by atoms with E-state index in [9.17, 15) is 5.11 Å². The Balaban J connectivity index is 2.04. The molecule has 2 atom stereocenters. The second-order valence-electron chi connectivity index (χ2n) is 5.32. The Bertz CT molecular complexity index is 389. The van der Waals surface area contributed by atoms with E-state index in [-0.39, 0.29) is 6.10 Å². The number of β-amino-alcohol motifs (C(OH)–C–C–N with tert-alkyl or cyclic N) is 1. The number of hydrogen-bond donors (Lipinski definition) is 2. The van der Waals surface area contributed by atoms with Crippen LogP contribution in [0, 0.1) is 0 Å². The number of aliphatic hydroxyl groups is 1. The SMILES string of the molecule is COc1ccc([C@](C)(N)CN2CC[C@H](O)C2)cc1. The molecule has 1 fully saturated rings. The zero-order valence-corrected chi connectivity index (χ0v) is 11.1. The summed E-state index contributed by atoms with van der Waals surface area (Å²) in [4.78, 5) is 2.22. The third-order valence-electron chi connectivity index (χ3n) is 3.55. The maximum atomic E-state index is 9.54. The van der Waals surface area contributed by atoms with E-state index in [2.05, 4.69) is 4.90 Å². The topological polar surface area (TPSA) is 58.7 Å². The van der Waals surface area contributed by atoms with Gasteiger partial charge in [-0.1, -0.05) is 12.1 Å². The average Bonchev–Trinajstić information content (AvgIpc) is 2.74. The minimum Gasteiger partial charge on any atom is -0.497 e. The zero-order valence-electron chi connectivity index (χ0n) is 11.1. The summed E-state index contributed by atoms with van der Waals surface area (Å²) in [7, 11) is 1.66. The van der Waals surface area contributed by atoms with Crippen molar-refractivity contribution in [3.8, 4) is 5.75 Å². The van der Waals surface area contributed by atoms with E-state index in [0.717, 1.165) is 37.4 Å². The molecule has 0 amide bonds. The van der Waals surface area contributed by atoms with Crippen LogP contribution in [0.25, 0.3) is 0 Å². The molecular weight excluding hydrogens is 228 g/mol. The monoisotopic (exact) mass is 250 g/mol. The molecule has 3 N–H and O–H groups in total. The van der Waals surface area contributed by atoms with Crippen LogP contribution in [-0.4, -0.2) is 42.9 Å². The molecule has 1 saturated heterocycles. The molecule has 0 bridgehead atoms. The predicted molar refractivity (Wildman–Crippen MR) is 71.6 cm³/mol. The summed E-state index contributed by atoms with van der Waals surface area (Å²) in [5.41, 5.74) is 7.07. The Morgan fingerprint density at radius 3 is 2.61 bits per heavy atom. The van der Waals surface area contributed by atoms with Crippen LogP contribution < -0.4 is 10.5 Å². The van der Waals surface area contributed by atoms with Crippen LogP contribution in [0.5, 0.6) is 5.75 Å². The van der Waals surface area contributed by atoms with E-state index >= 15 is 0 Å². The lowest BCUT2D eigenvalue weighted by molar-refractivity contribution is 0.167. The molecule has 4 nitrogen and oxygen atoms in total. The van der Waals surface area contributed by atoms with Gasteiger partial charge in [0, 0.05) is 19.6 Å². The van der Waals surface area contributed by atoms with Crippen LogP contribution in [0.1, 0.15) is 18.9 Å². The van der Waals surface area contributed by atoms with Gasteiger partial charge < -0.3 is 15.6 Å². The molecule has 0 spiro atoms. The van der Waals surface area contributed by atoms with Crippen LogP contribution in [0.3, 0.4) is 0 Å². The van der Waals surface area contributed by atoms with E-state index < -0.39 is 5.54 Å². The molecule has 0 radical (unpaired) electrons. The standard InChI is InChI=1S/C14H22N2O2/c1-14(15,10-16-8-7-12(17)9-16)11-3-5-13(18-2)6-4-11/h3-6,12,17H,7-10,15H2,1-2H3/t12-,14+/m0/s1. The first-order valence-electron chi connectivity index (χ1n) is 6.35.